The fraction of sp³-hybridized carbons (Fsp3) is 0.143. The third-order valence-electron chi connectivity index (χ3n) is 5.24. The summed E-state index contributed by atoms with van der Waals surface area (Å²) in [5.74, 6) is -0.101. The first-order chi connectivity index (χ1) is 16.1. The van der Waals surface area contributed by atoms with Crippen LogP contribution in [0.15, 0.2) is 102 Å². The van der Waals surface area contributed by atoms with Gasteiger partial charge in [0.1, 0.15) is 5.25 Å². The van der Waals surface area contributed by atoms with Gasteiger partial charge >= 0.3 is 0 Å². The maximum Gasteiger partial charge on any atom is 0.242 e. The lowest BCUT2D eigenvalue weighted by Gasteiger charge is -2.18. The van der Waals surface area contributed by atoms with Crippen LogP contribution in [0.4, 0.5) is 11.4 Å². The molecule has 2 N–H and O–H groups in total. The lowest BCUT2D eigenvalue weighted by molar-refractivity contribution is -0.116. The van der Waals surface area contributed by atoms with Crippen molar-refractivity contribution >= 4 is 45.7 Å². The van der Waals surface area contributed by atoms with Gasteiger partial charge in [0.25, 0.3) is 0 Å². The van der Waals surface area contributed by atoms with E-state index in [0.717, 1.165) is 39.0 Å². The minimum Gasteiger partial charge on any atom is -0.326 e. The number of nitrogens with one attached hydrogen (secondary N) is 2. The molecule has 1 atom stereocenters. The number of carbonyl (C=O) groups excluding carboxylic acids is 2. The van der Waals surface area contributed by atoms with Crippen molar-refractivity contribution in [2.24, 2.45) is 0 Å². The lowest BCUT2D eigenvalue weighted by atomic mass is 10.1. The molecule has 5 heteroatoms. The Balaban J connectivity index is 1.60. The van der Waals surface area contributed by atoms with E-state index >= 15 is 0 Å². The molecule has 4 nitrogen and oxygen atoms in total. The van der Waals surface area contributed by atoms with E-state index < -0.39 is 5.25 Å². The molecule has 166 valence electrons. The highest BCUT2D eigenvalue weighted by Gasteiger charge is 2.23. The molecule has 0 spiro atoms. The second-order valence-electron chi connectivity index (χ2n) is 7.75. The molecule has 0 saturated heterocycles. The summed E-state index contributed by atoms with van der Waals surface area (Å²) in [4.78, 5) is 26.4. The maximum atomic E-state index is 13.5. The molecule has 0 aliphatic rings. The quantitative estimate of drug-likeness (QED) is 0.280. The van der Waals surface area contributed by atoms with Crippen molar-refractivity contribution in [3.05, 3.63) is 103 Å². The second-order valence-corrected chi connectivity index (χ2v) is 8.93. The number of hydrogen-bond acceptors (Lipinski definition) is 3. The first-order valence-corrected chi connectivity index (χ1v) is 11.9. The monoisotopic (exact) mass is 454 g/mol. The highest BCUT2D eigenvalue weighted by molar-refractivity contribution is 8.00. The summed E-state index contributed by atoms with van der Waals surface area (Å²) in [7, 11) is 0. The van der Waals surface area contributed by atoms with Crippen LogP contribution in [-0.2, 0) is 9.59 Å². The van der Waals surface area contributed by atoms with Crippen LogP contribution in [0.5, 0.6) is 0 Å². The van der Waals surface area contributed by atoms with E-state index in [0.29, 0.717) is 6.42 Å². The number of hydrogen-bond donors (Lipinski definition) is 2. The van der Waals surface area contributed by atoms with E-state index in [1.807, 2.05) is 104 Å². The van der Waals surface area contributed by atoms with Gasteiger partial charge < -0.3 is 10.6 Å². The van der Waals surface area contributed by atoms with Crippen LogP contribution in [0.1, 0.15) is 30.6 Å². The van der Waals surface area contributed by atoms with Crippen molar-refractivity contribution < 1.29 is 9.59 Å². The number of thioether (sulfide) groups is 1. The summed E-state index contributed by atoms with van der Waals surface area (Å²) in [5.41, 5.74) is 2.44. The first kappa shape index (κ1) is 22.6. The molecule has 0 aromatic heterocycles. The van der Waals surface area contributed by atoms with Crippen molar-refractivity contribution in [1.82, 2.24) is 0 Å². The number of rotatable bonds is 8. The molecule has 1 unspecified atom stereocenters. The van der Waals surface area contributed by atoms with E-state index in [4.69, 9.17) is 0 Å². The zero-order valence-corrected chi connectivity index (χ0v) is 19.3. The Morgan fingerprint density at radius 3 is 2.36 bits per heavy atom. The predicted molar refractivity (Wildman–Crippen MR) is 138 cm³/mol. The van der Waals surface area contributed by atoms with Crippen molar-refractivity contribution in [3.8, 4) is 0 Å². The molecule has 4 aromatic rings. The summed E-state index contributed by atoms with van der Waals surface area (Å²) in [6, 6.07) is 31.3. The van der Waals surface area contributed by atoms with Crippen LogP contribution in [0.3, 0.4) is 0 Å². The van der Waals surface area contributed by atoms with Crippen molar-refractivity contribution in [2.45, 2.75) is 29.9 Å². The molecular weight excluding hydrogens is 428 g/mol. The standard InChI is InChI=1S/C28H26N2O2S/c1-2-10-26(31)29-22-15-9-16-23(19-22)33-27(21-12-4-3-5-13-21)28(32)30-25-18-8-14-20-11-6-7-17-24(20)25/h3-9,11-19,27H,2,10H2,1H3,(H,29,31)(H,30,32). The fourth-order valence-corrected chi connectivity index (χ4v) is 4.75. The molecule has 2 amide bonds. The van der Waals surface area contributed by atoms with Gasteiger partial charge in [-0.1, -0.05) is 79.7 Å². The van der Waals surface area contributed by atoms with Crippen LogP contribution in [0, 0.1) is 0 Å². The molecule has 0 bridgehead atoms. The minimum absolute atomic E-state index is 0.00652. The zero-order valence-electron chi connectivity index (χ0n) is 18.5. The number of anilines is 2. The second kappa shape index (κ2) is 10.8. The smallest absolute Gasteiger partial charge is 0.242 e. The summed E-state index contributed by atoms with van der Waals surface area (Å²) >= 11 is 1.47. The summed E-state index contributed by atoms with van der Waals surface area (Å²) in [6.45, 7) is 1.98. The summed E-state index contributed by atoms with van der Waals surface area (Å²) in [5, 5.41) is 7.70. The average Bonchev–Trinajstić information content (AvgIpc) is 2.83. The number of benzene rings is 4. The van der Waals surface area contributed by atoms with E-state index in [-0.39, 0.29) is 11.8 Å². The highest BCUT2D eigenvalue weighted by atomic mass is 32.2. The summed E-state index contributed by atoms with van der Waals surface area (Å²) < 4.78 is 0. The van der Waals surface area contributed by atoms with Gasteiger partial charge in [0.15, 0.2) is 0 Å². The summed E-state index contributed by atoms with van der Waals surface area (Å²) in [6.07, 6.45) is 1.28. The van der Waals surface area contributed by atoms with Crippen LogP contribution in [0.25, 0.3) is 10.8 Å². The van der Waals surface area contributed by atoms with E-state index in [2.05, 4.69) is 10.6 Å². The number of fused-ring (bicyclic) bond motifs is 1. The fourth-order valence-electron chi connectivity index (χ4n) is 3.67. The van der Waals surface area contributed by atoms with Gasteiger partial charge in [-0.3, -0.25) is 9.59 Å². The van der Waals surface area contributed by atoms with Gasteiger partial charge in [0.2, 0.25) is 11.8 Å². The number of amides is 2. The highest BCUT2D eigenvalue weighted by Crippen LogP contribution is 2.37. The van der Waals surface area contributed by atoms with Gasteiger partial charge in [-0.05, 0) is 41.6 Å². The normalized spacial score (nSPS) is 11.7. The molecule has 0 radical (unpaired) electrons. The Bertz CT molecular complexity index is 1250. The first-order valence-electron chi connectivity index (χ1n) is 11.0. The average molecular weight is 455 g/mol. The van der Waals surface area contributed by atoms with Crippen LogP contribution in [0.2, 0.25) is 0 Å². The Kier molecular flexibility index (Phi) is 7.43. The van der Waals surface area contributed by atoms with E-state index in [1.165, 1.54) is 11.8 Å². The van der Waals surface area contributed by atoms with Gasteiger partial charge in [0.05, 0.1) is 0 Å². The maximum absolute atomic E-state index is 13.5. The topological polar surface area (TPSA) is 58.2 Å². The molecule has 4 aromatic carbocycles. The lowest BCUT2D eigenvalue weighted by Crippen LogP contribution is -2.19. The zero-order chi connectivity index (χ0) is 23.0. The number of carbonyl (C=O) groups is 2. The van der Waals surface area contributed by atoms with Crippen molar-refractivity contribution in [3.63, 3.8) is 0 Å². The molecular formula is C28H26N2O2S. The van der Waals surface area contributed by atoms with Crippen molar-refractivity contribution in [1.29, 1.82) is 0 Å². The van der Waals surface area contributed by atoms with Crippen LogP contribution in [-0.4, -0.2) is 11.8 Å². The van der Waals surface area contributed by atoms with Gasteiger partial charge in [-0.15, -0.1) is 11.8 Å². The predicted octanol–water partition coefficient (Wildman–Crippen LogP) is 7.05. The van der Waals surface area contributed by atoms with Crippen molar-refractivity contribution in [2.75, 3.05) is 10.6 Å². The van der Waals surface area contributed by atoms with Crippen LogP contribution >= 0.6 is 11.8 Å². The van der Waals surface area contributed by atoms with Gasteiger partial charge in [-0.25, -0.2) is 0 Å². The SMILES string of the molecule is CCCC(=O)Nc1cccc(SC(C(=O)Nc2cccc3ccccc23)c2ccccc2)c1. The molecule has 0 saturated carbocycles. The Hall–Kier alpha value is -3.57. The minimum atomic E-state index is -0.452. The molecule has 4 rings (SSSR count). The Morgan fingerprint density at radius 1 is 0.818 bits per heavy atom. The Morgan fingerprint density at radius 2 is 1.55 bits per heavy atom. The molecule has 0 aliphatic carbocycles. The van der Waals surface area contributed by atoms with E-state index in [9.17, 15) is 9.59 Å². The van der Waals surface area contributed by atoms with E-state index in [1.54, 1.807) is 0 Å². The van der Waals surface area contributed by atoms with Crippen LogP contribution < -0.4 is 10.6 Å². The molecule has 0 fully saturated rings. The molecule has 0 aliphatic heterocycles. The largest absolute Gasteiger partial charge is 0.326 e. The Labute approximate surface area is 198 Å². The third kappa shape index (κ3) is 5.82. The molecule has 0 heterocycles. The van der Waals surface area contributed by atoms with Gasteiger partial charge in [-0.2, -0.15) is 0 Å². The molecule has 33 heavy (non-hydrogen) atoms. The third-order valence-corrected chi connectivity index (χ3v) is 6.48. The van der Waals surface area contributed by atoms with Gasteiger partial charge in [0, 0.05) is 28.1 Å².